The van der Waals surface area contributed by atoms with Gasteiger partial charge in [0, 0.05) is 57.4 Å². The Kier molecular flexibility index (Phi) is 7.63. The van der Waals surface area contributed by atoms with Gasteiger partial charge in [-0.3, -0.25) is 0 Å². The highest BCUT2D eigenvalue weighted by atomic mass is 35.5. The van der Waals surface area contributed by atoms with E-state index in [4.69, 9.17) is 34.3 Å². The van der Waals surface area contributed by atoms with Gasteiger partial charge in [0.1, 0.15) is 0 Å². The fraction of sp³-hybridized carbons (Fsp3) is 0.706. The van der Waals surface area contributed by atoms with Crippen LogP contribution in [0.5, 0.6) is 0 Å². The SMILES string of the molecule is C#CCN(C)c1nc(N2C[C@H](N)C[C@H](N)C2)nc(N2C[C@H](N)C[C@H](N)C2)n1.Cl. The van der Waals surface area contributed by atoms with Gasteiger partial charge in [0.05, 0.1) is 6.54 Å². The third kappa shape index (κ3) is 5.33. The molecule has 3 heterocycles. The molecule has 1 aromatic heterocycles. The van der Waals surface area contributed by atoms with Gasteiger partial charge in [0.25, 0.3) is 0 Å². The number of rotatable bonds is 4. The van der Waals surface area contributed by atoms with Crippen molar-refractivity contribution in [2.24, 2.45) is 22.9 Å². The molecule has 11 heteroatoms. The Labute approximate surface area is 172 Å². The highest BCUT2D eigenvalue weighted by molar-refractivity contribution is 5.85. The molecule has 156 valence electrons. The summed E-state index contributed by atoms with van der Waals surface area (Å²) in [6.45, 7) is 2.98. The Morgan fingerprint density at radius 3 is 1.64 bits per heavy atom. The number of hydrogen-bond donors (Lipinski definition) is 4. The largest absolute Gasteiger partial charge is 0.338 e. The molecule has 3 rings (SSSR count). The fourth-order valence-electron chi connectivity index (χ4n) is 3.69. The van der Waals surface area contributed by atoms with Crippen molar-refractivity contribution < 1.29 is 0 Å². The zero-order valence-corrected chi connectivity index (χ0v) is 17.1. The highest BCUT2D eigenvalue weighted by Gasteiger charge is 2.29. The Bertz CT molecular complexity index is 631. The number of terminal acetylenes is 1. The van der Waals surface area contributed by atoms with Crippen molar-refractivity contribution in [1.29, 1.82) is 0 Å². The van der Waals surface area contributed by atoms with Gasteiger partial charge in [-0.2, -0.15) is 15.0 Å². The van der Waals surface area contributed by atoms with Gasteiger partial charge < -0.3 is 37.6 Å². The third-order valence-electron chi connectivity index (χ3n) is 4.87. The van der Waals surface area contributed by atoms with Crippen LogP contribution in [0.2, 0.25) is 0 Å². The van der Waals surface area contributed by atoms with Gasteiger partial charge in [0.15, 0.2) is 0 Å². The van der Waals surface area contributed by atoms with Crippen LogP contribution in [0.3, 0.4) is 0 Å². The van der Waals surface area contributed by atoms with Gasteiger partial charge in [0.2, 0.25) is 17.8 Å². The smallest absolute Gasteiger partial charge is 0.232 e. The zero-order chi connectivity index (χ0) is 19.6. The summed E-state index contributed by atoms with van der Waals surface area (Å²) in [4.78, 5) is 19.8. The lowest BCUT2D eigenvalue weighted by atomic mass is 10.0. The lowest BCUT2D eigenvalue weighted by Gasteiger charge is -2.37. The molecule has 0 aromatic carbocycles. The number of halogens is 1. The van der Waals surface area contributed by atoms with E-state index in [1.165, 1.54) is 0 Å². The van der Waals surface area contributed by atoms with E-state index >= 15 is 0 Å². The predicted molar refractivity (Wildman–Crippen MR) is 115 cm³/mol. The summed E-state index contributed by atoms with van der Waals surface area (Å²) in [5.41, 5.74) is 24.6. The van der Waals surface area contributed by atoms with Crippen LogP contribution in [-0.4, -0.2) is 78.9 Å². The Morgan fingerprint density at radius 1 is 0.893 bits per heavy atom. The molecule has 4 atom stereocenters. The van der Waals surface area contributed by atoms with E-state index in [0.29, 0.717) is 50.6 Å². The van der Waals surface area contributed by atoms with E-state index in [9.17, 15) is 0 Å². The van der Waals surface area contributed by atoms with Crippen molar-refractivity contribution in [3.8, 4) is 12.3 Å². The molecule has 28 heavy (non-hydrogen) atoms. The van der Waals surface area contributed by atoms with Gasteiger partial charge in [-0.05, 0) is 12.8 Å². The minimum atomic E-state index is -0.0160. The summed E-state index contributed by atoms with van der Waals surface area (Å²) in [6, 6.07) is -0.0641. The van der Waals surface area contributed by atoms with Gasteiger partial charge in [-0.15, -0.1) is 18.8 Å². The highest BCUT2D eigenvalue weighted by Crippen LogP contribution is 2.23. The van der Waals surface area contributed by atoms with Crippen molar-refractivity contribution >= 4 is 30.3 Å². The molecule has 8 N–H and O–H groups in total. The summed E-state index contributed by atoms with van der Waals surface area (Å²) < 4.78 is 0. The molecule has 0 aliphatic carbocycles. The van der Waals surface area contributed by atoms with Crippen LogP contribution in [0, 0.1) is 12.3 Å². The maximum absolute atomic E-state index is 6.14. The molecule has 0 radical (unpaired) electrons. The van der Waals surface area contributed by atoms with Crippen LogP contribution in [0.15, 0.2) is 0 Å². The molecule has 0 bridgehead atoms. The maximum Gasteiger partial charge on any atom is 0.232 e. The van der Waals surface area contributed by atoms with Crippen LogP contribution < -0.4 is 37.6 Å². The van der Waals surface area contributed by atoms with Crippen LogP contribution in [0.4, 0.5) is 17.8 Å². The Morgan fingerprint density at radius 2 is 1.29 bits per heavy atom. The van der Waals surface area contributed by atoms with Gasteiger partial charge in [-0.1, -0.05) is 5.92 Å². The van der Waals surface area contributed by atoms with Crippen LogP contribution >= 0.6 is 12.4 Å². The zero-order valence-electron chi connectivity index (χ0n) is 16.2. The van der Waals surface area contributed by atoms with Crippen LogP contribution in [-0.2, 0) is 0 Å². The number of aromatic nitrogens is 3. The average molecular weight is 411 g/mol. The first-order chi connectivity index (χ1) is 12.9. The summed E-state index contributed by atoms with van der Waals surface area (Å²) in [7, 11) is 1.85. The number of hydrogen-bond acceptors (Lipinski definition) is 10. The second kappa shape index (κ2) is 9.54. The molecule has 0 saturated carbocycles. The summed E-state index contributed by atoms with van der Waals surface area (Å²) in [5, 5.41) is 0. The first-order valence-corrected chi connectivity index (χ1v) is 9.28. The van der Waals surface area contributed by atoms with Gasteiger partial charge in [-0.25, -0.2) is 0 Å². The summed E-state index contributed by atoms with van der Waals surface area (Å²) >= 11 is 0. The Hall–Kier alpha value is -1.90. The number of piperidine rings is 2. The lowest BCUT2D eigenvalue weighted by Crippen LogP contribution is -2.54. The first-order valence-electron chi connectivity index (χ1n) is 9.28. The van der Waals surface area contributed by atoms with Crippen molar-refractivity contribution in [3.63, 3.8) is 0 Å². The van der Waals surface area contributed by atoms with E-state index in [1.54, 1.807) is 0 Å². The van der Waals surface area contributed by atoms with E-state index in [0.717, 1.165) is 12.8 Å². The molecule has 10 nitrogen and oxygen atoms in total. The molecule has 1 aromatic rings. The fourth-order valence-corrected chi connectivity index (χ4v) is 3.69. The van der Waals surface area contributed by atoms with Crippen molar-refractivity contribution in [2.75, 3.05) is 54.5 Å². The molecule has 0 spiro atoms. The topological polar surface area (TPSA) is 152 Å². The first kappa shape index (κ1) is 22.4. The van der Waals surface area contributed by atoms with Crippen LogP contribution in [0.25, 0.3) is 0 Å². The molecule has 2 saturated heterocycles. The average Bonchev–Trinajstić information content (AvgIpc) is 2.60. The van der Waals surface area contributed by atoms with Gasteiger partial charge >= 0.3 is 0 Å². The molecule has 0 amide bonds. The maximum atomic E-state index is 6.14. The van der Waals surface area contributed by atoms with Crippen molar-refractivity contribution in [1.82, 2.24) is 15.0 Å². The number of nitrogens with zero attached hydrogens (tertiary/aromatic N) is 6. The molecule has 2 aliphatic heterocycles. The normalized spacial score (nSPS) is 27.7. The Balaban J connectivity index is 0.00000280. The molecule has 2 aliphatic rings. The molecule has 2 fully saturated rings. The molecular formula is C17H31ClN10. The predicted octanol–water partition coefficient (Wildman–Crippen LogP) is -1.91. The third-order valence-corrected chi connectivity index (χ3v) is 4.87. The molecule has 0 unspecified atom stereocenters. The van der Waals surface area contributed by atoms with E-state index in [-0.39, 0.29) is 36.6 Å². The molecular weight excluding hydrogens is 380 g/mol. The summed E-state index contributed by atoms with van der Waals surface area (Å²) in [5.74, 6) is 4.22. The van der Waals surface area contributed by atoms with Crippen molar-refractivity contribution in [3.05, 3.63) is 0 Å². The minimum absolute atomic E-state index is 0. The van der Waals surface area contributed by atoms with Crippen LogP contribution in [0.1, 0.15) is 12.8 Å². The number of nitrogens with two attached hydrogens (primary N) is 4. The quantitative estimate of drug-likeness (QED) is 0.413. The standard InChI is InChI=1S/C17H30N10.ClH/c1-3-4-25(2)15-22-16(26-7-11(18)5-12(19)8-26)24-17(23-15)27-9-13(20)6-14(21)10-27;/h1,11-14H,4-10,18-21H2,2H3;1H/t11-,12+,13-,14+;. The monoisotopic (exact) mass is 410 g/mol. The second-order valence-electron chi connectivity index (χ2n) is 7.62. The van der Waals surface area contributed by atoms with E-state index < -0.39 is 0 Å². The minimum Gasteiger partial charge on any atom is -0.338 e. The van der Waals surface area contributed by atoms with E-state index in [2.05, 4.69) is 15.9 Å². The van der Waals surface area contributed by atoms with E-state index in [1.807, 2.05) is 21.7 Å². The summed E-state index contributed by atoms with van der Waals surface area (Å²) in [6.07, 6.45) is 7.02. The second-order valence-corrected chi connectivity index (χ2v) is 7.62. The lowest BCUT2D eigenvalue weighted by molar-refractivity contribution is 0.441. The van der Waals surface area contributed by atoms with Crippen molar-refractivity contribution in [2.45, 2.75) is 37.0 Å². The number of anilines is 3.